The van der Waals surface area contributed by atoms with Crippen molar-refractivity contribution in [1.29, 1.82) is 0 Å². The molecule has 0 saturated heterocycles. The van der Waals surface area contributed by atoms with Crippen LogP contribution in [0.25, 0.3) is 0 Å². The minimum atomic E-state index is -0.615. The molecule has 0 saturated carbocycles. The van der Waals surface area contributed by atoms with E-state index in [4.69, 9.17) is 0 Å². The lowest BCUT2D eigenvalue weighted by atomic mass is 9.83. The van der Waals surface area contributed by atoms with Gasteiger partial charge in [-0.05, 0) is 52.8 Å². The van der Waals surface area contributed by atoms with E-state index < -0.39 is 6.10 Å². The second-order valence-corrected chi connectivity index (χ2v) is 6.31. The molecule has 1 heterocycles. The van der Waals surface area contributed by atoms with Gasteiger partial charge in [0.2, 0.25) is 5.91 Å². The third-order valence-electron chi connectivity index (χ3n) is 4.12. The molecule has 1 aromatic heterocycles. The number of hydrogen-bond acceptors (Lipinski definition) is 3. The molecule has 4 heteroatoms. The van der Waals surface area contributed by atoms with Crippen LogP contribution >= 0.6 is 11.3 Å². The average molecular weight is 301 g/mol. The normalized spacial score (nSPS) is 18.8. The van der Waals surface area contributed by atoms with Gasteiger partial charge in [-0.25, -0.2) is 0 Å². The number of fused-ring (bicyclic) bond motifs is 1. The summed E-state index contributed by atoms with van der Waals surface area (Å²) in [5.74, 6) is 0.0772. The Balaban J connectivity index is 1.55. The third-order valence-corrected chi connectivity index (χ3v) is 4.82. The lowest BCUT2D eigenvalue weighted by molar-refractivity contribution is -0.125. The van der Waals surface area contributed by atoms with Gasteiger partial charge in [0.1, 0.15) is 0 Å². The molecule has 1 amide bonds. The standard InChI is InChI=1S/C17H19NO2S/c19-16(15-7-8-21-11-15)10-18-17(20)14-6-5-12-3-1-2-4-13(12)9-14/h1-4,7-8,11,14,16,19H,5-6,9-10H2,(H,18,20). The van der Waals surface area contributed by atoms with Gasteiger partial charge in [-0.2, -0.15) is 11.3 Å². The van der Waals surface area contributed by atoms with E-state index in [1.54, 1.807) is 11.3 Å². The van der Waals surface area contributed by atoms with Crippen molar-refractivity contribution in [2.75, 3.05) is 6.54 Å². The zero-order chi connectivity index (χ0) is 14.7. The minimum Gasteiger partial charge on any atom is -0.387 e. The van der Waals surface area contributed by atoms with Gasteiger partial charge in [-0.15, -0.1) is 0 Å². The number of benzene rings is 1. The second kappa shape index (κ2) is 6.41. The van der Waals surface area contributed by atoms with Gasteiger partial charge in [-0.1, -0.05) is 24.3 Å². The van der Waals surface area contributed by atoms with E-state index in [2.05, 4.69) is 23.5 Å². The average Bonchev–Trinajstić information content (AvgIpc) is 3.06. The van der Waals surface area contributed by atoms with Gasteiger partial charge in [-0.3, -0.25) is 4.79 Å². The van der Waals surface area contributed by atoms with Crippen LogP contribution in [0, 0.1) is 5.92 Å². The summed E-state index contributed by atoms with van der Waals surface area (Å²) in [5, 5.41) is 16.7. The Kier molecular flexibility index (Phi) is 4.36. The molecule has 0 aliphatic heterocycles. The first-order valence-electron chi connectivity index (χ1n) is 7.28. The topological polar surface area (TPSA) is 49.3 Å². The number of carbonyl (C=O) groups excluding carboxylic acids is 1. The first-order chi connectivity index (χ1) is 10.2. The predicted octanol–water partition coefficient (Wildman–Crippen LogP) is 2.70. The van der Waals surface area contributed by atoms with Gasteiger partial charge in [0.25, 0.3) is 0 Å². The highest BCUT2D eigenvalue weighted by Crippen LogP contribution is 2.25. The molecular weight excluding hydrogens is 282 g/mol. The summed E-state index contributed by atoms with van der Waals surface area (Å²) in [6.45, 7) is 0.285. The highest BCUT2D eigenvalue weighted by Gasteiger charge is 2.24. The van der Waals surface area contributed by atoms with Crippen LogP contribution in [0.2, 0.25) is 0 Å². The first kappa shape index (κ1) is 14.3. The molecule has 21 heavy (non-hydrogen) atoms. The number of amides is 1. The van der Waals surface area contributed by atoms with Crippen molar-refractivity contribution in [1.82, 2.24) is 5.32 Å². The van der Waals surface area contributed by atoms with Crippen LogP contribution < -0.4 is 5.32 Å². The first-order valence-corrected chi connectivity index (χ1v) is 8.23. The predicted molar refractivity (Wildman–Crippen MR) is 84.2 cm³/mol. The van der Waals surface area contributed by atoms with Crippen molar-refractivity contribution in [3.05, 3.63) is 57.8 Å². The SMILES string of the molecule is O=C(NCC(O)c1ccsc1)C1CCc2ccccc2C1. The Hall–Kier alpha value is -1.65. The number of thiophene rings is 1. The molecule has 2 aromatic rings. The molecule has 1 aromatic carbocycles. The van der Waals surface area contributed by atoms with E-state index in [1.807, 2.05) is 22.9 Å². The summed E-state index contributed by atoms with van der Waals surface area (Å²) >= 11 is 1.55. The Morgan fingerprint density at radius 2 is 2.14 bits per heavy atom. The van der Waals surface area contributed by atoms with Crippen molar-refractivity contribution >= 4 is 17.2 Å². The molecule has 1 aliphatic carbocycles. The lowest BCUT2D eigenvalue weighted by Crippen LogP contribution is -2.36. The third kappa shape index (κ3) is 3.34. The summed E-state index contributed by atoms with van der Waals surface area (Å²) in [6.07, 6.45) is 2.03. The monoisotopic (exact) mass is 301 g/mol. The Morgan fingerprint density at radius 1 is 1.33 bits per heavy atom. The fraction of sp³-hybridized carbons (Fsp3) is 0.353. The summed E-state index contributed by atoms with van der Waals surface area (Å²) in [5.41, 5.74) is 3.51. The van der Waals surface area contributed by atoms with Crippen LogP contribution in [0.3, 0.4) is 0 Å². The van der Waals surface area contributed by atoms with Crippen LogP contribution in [0.4, 0.5) is 0 Å². The summed E-state index contributed by atoms with van der Waals surface area (Å²) in [6, 6.07) is 10.2. The highest BCUT2D eigenvalue weighted by atomic mass is 32.1. The number of aliphatic hydroxyl groups is 1. The smallest absolute Gasteiger partial charge is 0.223 e. The van der Waals surface area contributed by atoms with Crippen LogP contribution in [0.1, 0.15) is 29.2 Å². The number of hydrogen-bond donors (Lipinski definition) is 2. The van der Waals surface area contributed by atoms with Crippen LogP contribution in [0.5, 0.6) is 0 Å². The summed E-state index contributed by atoms with van der Waals surface area (Å²) < 4.78 is 0. The van der Waals surface area contributed by atoms with E-state index in [9.17, 15) is 9.90 Å². The molecule has 0 bridgehead atoms. The van der Waals surface area contributed by atoms with Crippen molar-refractivity contribution in [2.45, 2.75) is 25.4 Å². The minimum absolute atomic E-state index is 0.0228. The number of nitrogens with one attached hydrogen (secondary N) is 1. The maximum atomic E-state index is 12.3. The zero-order valence-electron chi connectivity index (χ0n) is 11.8. The largest absolute Gasteiger partial charge is 0.387 e. The van der Waals surface area contributed by atoms with Gasteiger partial charge >= 0.3 is 0 Å². The summed E-state index contributed by atoms with van der Waals surface area (Å²) in [7, 11) is 0. The van der Waals surface area contributed by atoms with Gasteiger partial charge in [0.15, 0.2) is 0 Å². The number of aliphatic hydroxyl groups excluding tert-OH is 1. The molecule has 1 aliphatic rings. The molecule has 0 fully saturated rings. The molecule has 0 radical (unpaired) electrons. The molecular formula is C17H19NO2S. The molecule has 2 atom stereocenters. The van der Waals surface area contributed by atoms with E-state index in [0.29, 0.717) is 0 Å². The number of aryl methyl sites for hydroxylation is 1. The Labute approximate surface area is 128 Å². The Morgan fingerprint density at radius 3 is 2.90 bits per heavy atom. The van der Waals surface area contributed by atoms with E-state index >= 15 is 0 Å². The van der Waals surface area contributed by atoms with E-state index in [-0.39, 0.29) is 18.4 Å². The van der Waals surface area contributed by atoms with Crippen LogP contribution in [-0.4, -0.2) is 17.6 Å². The number of rotatable bonds is 4. The van der Waals surface area contributed by atoms with Gasteiger partial charge in [0, 0.05) is 12.5 Å². The molecule has 0 spiro atoms. The summed E-state index contributed by atoms with van der Waals surface area (Å²) in [4.78, 5) is 12.3. The van der Waals surface area contributed by atoms with Crippen LogP contribution in [0.15, 0.2) is 41.1 Å². The maximum Gasteiger partial charge on any atom is 0.223 e. The van der Waals surface area contributed by atoms with Crippen molar-refractivity contribution < 1.29 is 9.90 Å². The van der Waals surface area contributed by atoms with Crippen molar-refractivity contribution in [2.24, 2.45) is 5.92 Å². The van der Waals surface area contributed by atoms with E-state index in [1.165, 1.54) is 11.1 Å². The van der Waals surface area contributed by atoms with Gasteiger partial charge < -0.3 is 10.4 Å². The zero-order valence-corrected chi connectivity index (χ0v) is 12.6. The molecule has 2 unspecified atom stereocenters. The lowest BCUT2D eigenvalue weighted by Gasteiger charge is -2.24. The fourth-order valence-electron chi connectivity index (χ4n) is 2.85. The maximum absolute atomic E-state index is 12.3. The fourth-order valence-corrected chi connectivity index (χ4v) is 3.55. The quantitative estimate of drug-likeness (QED) is 0.912. The Bertz CT molecular complexity index is 609. The van der Waals surface area contributed by atoms with Crippen molar-refractivity contribution in [3.8, 4) is 0 Å². The van der Waals surface area contributed by atoms with Crippen molar-refractivity contribution in [3.63, 3.8) is 0 Å². The molecule has 2 N–H and O–H groups in total. The van der Waals surface area contributed by atoms with Crippen LogP contribution in [-0.2, 0) is 17.6 Å². The highest BCUT2D eigenvalue weighted by molar-refractivity contribution is 7.07. The molecule has 110 valence electrons. The van der Waals surface area contributed by atoms with E-state index in [0.717, 1.165) is 24.8 Å². The number of carbonyl (C=O) groups is 1. The molecule has 3 rings (SSSR count). The second-order valence-electron chi connectivity index (χ2n) is 5.53. The molecule has 3 nitrogen and oxygen atoms in total. The van der Waals surface area contributed by atoms with Gasteiger partial charge in [0.05, 0.1) is 6.10 Å².